The van der Waals surface area contributed by atoms with Crippen LogP contribution in [0.3, 0.4) is 0 Å². The van der Waals surface area contributed by atoms with E-state index in [1.54, 1.807) is 0 Å². The van der Waals surface area contributed by atoms with Crippen molar-refractivity contribution >= 4 is 49.2 Å². The van der Waals surface area contributed by atoms with Crippen LogP contribution in [0.5, 0.6) is 0 Å². The van der Waals surface area contributed by atoms with Crippen LogP contribution in [0.1, 0.15) is 47.8 Å². The summed E-state index contributed by atoms with van der Waals surface area (Å²) in [6.45, 7) is 4.69. The molecule has 0 aliphatic heterocycles. The predicted octanol–water partition coefficient (Wildman–Crippen LogP) is 11.0. The third-order valence-corrected chi connectivity index (χ3v) is 10.3. The molecule has 7 aromatic carbocycles. The minimum absolute atomic E-state index is 0.130. The van der Waals surface area contributed by atoms with Crippen LogP contribution in [0.15, 0.2) is 150 Å². The molecular weight excluding hydrogens is 585 g/mol. The molecule has 1 unspecified atom stereocenters. The SMILES string of the molecule is CC1(C)c2cc3ccccc3cc2-c2c(/C(=C/Cc3ccc4oc5cc6ccccc6cc5c4c3)NC(N)c3ccccc3)cccc21. The zero-order chi connectivity index (χ0) is 32.4. The second-order valence-electron chi connectivity index (χ2n) is 13.6. The van der Waals surface area contributed by atoms with E-state index >= 15 is 0 Å². The molecule has 3 nitrogen and oxygen atoms in total. The first-order valence-electron chi connectivity index (χ1n) is 16.7. The van der Waals surface area contributed by atoms with E-state index in [4.69, 9.17) is 10.2 Å². The van der Waals surface area contributed by atoms with Crippen molar-refractivity contribution in [1.82, 2.24) is 5.32 Å². The van der Waals surface area contributed by atoms with Gasteiger partial charge in [-0.1, -0.05) is 123 Å². The lowest BCUT2D eigenvalue weighted by Crippen LogP contribution is -2.28. The van der Waals surface area contributed by atoms with E-state index in [0.29, 0.717) is 0 Å². The van der Waals surface area contributed by atoms with Gasteiger partial charge in [-0.3, -0.25) is 0 Å². The summed E-state index contributed by atoms with van der Waals surface area (Å²) in [6.07, 6.45) is 2.67. The number of nitrogens with one attached hydrogen (secondary N) is 1. The van der Waals surface area contributed by atoms with Gasteiger partial charge in [0.2, 0.25) is 0 Å². The van der Waals surface area contributed by atoms with Crippen LogP contribution in [-0.2, 0) is 11.8 Å². The molecule has 1 aliphatic carbocycles. The smallest absolute Gasteiger partial charge is 0.136 e. The lowest BCUT2D eigenvalue weighted by Gasteiger charge is -2.23. The summed E-state index contributed by atoms with van der Waals surface area (Å²) in [5.41, 5.74) is 18.3. The quantitative estimate of drug-likeness (QED) is 0.182. The van der Waals surface area contributed by atoms with Gasteiger partial charge in [0.05, 0.1) is 0 Å². The van der Waals surface area contributed by atoms with Gasteiger partial charge in [0.25, 0.3) is 0 Å². The fourth-order valence-corrected chi connectivity index (χ4v) is 7.71. The first-order valence-corrected chi connectivity index (χ1v) is 16.7. The van der Waals surface area contributed by atoms with Crippen molar-refractivity contribution in [2.75, 3.05) is 0 Å². The van der Waals surface area contributed by atoms with E-state index in [9.17, 15) is 0 Å². The summed E-state index contributed by atoms with van der Waals surface area (Å²) in [4.78, 5) is 0. The van der Waals surface area contributed by atoms with Crippen molar-refractivity contribution < 1.29 is 4.42 Å². The largest absolute Gasteiger partial charge is 0.456 e. The van der Waals surface area contributed by atoms with E-state index < -0.39 is 0 Å². The van der Waals surface area contributed by atoms with Gasteiger partial charge in [-0.15, -0.1) is 0 Å². The summed E-state index contributed by atoms with van der Waals surface area (Å²) < 4.78 is 6.30. The summed E-state index contributed by atoms with van der Waals surface area (Å²) in [7, 11) is 0. The van der Waals surface area contributed by atoms with Crippen molar-refractivity contribution in [2.24, 2.45) is 5.73 Å². The minimum atomic E-state index is -0.368. The highest BCUT2D eigenvalue weighted by Gasteiger charge is 2.37. The lowest BCUT2D eigenvalue weighted by atomic mass is 9.81. The fraction of sp³-hybridized carbons (Fsp3) is 0.111. The van der Waals surface area contributed by atoms with Crippen molar-refractivity contribution in [3.63, 3.8) is 0 Å². The Morgan fingerprint density at radius 1 is 0.667 bits per heavy atom. The molecule has 48 heavy (non-hydrogen) atoms. The zero-order valence-corrected chi connectivity index (χ0v) is 27.1. The lowest BCUT2D eigenvalue weighted by molar-refractivity contribution is 0.659. The Hall–Kier alpha value is -5.64. The molecule has 3 heteroatoms. The van der Waals surface area contributed by atoms with Crippen molar-refractivity contribution in [1.29, 1.82) is 0 Å². The van der Waals surface area contributed by atoms with E-state index in [1.807, 2.05) is 18.2 Å². The minimum Gasteiger partial charge on any atom is -0.456 e. The number of hydrogen-bond donors (Lipinski definition) is 2. The summed E-state index contributed by atoms with van der Waals surface area (Å²) in [6, 6.07) is 49.8. The highest BCUT2D eigenvalue weighted by atomic mass is 16.3. The molecule has 0 radical (unpaired) electrons. The molecule has 1 atom stereocenters. The maximum atomic E-state index is 6.87. The van der Waals surface area contributed by atoms with Crippen molar-refractivity contribution in [3.8, 4) is 11.1 Å². The number of fused-ring (bicyclic) bond motifs is 8. The van der Waals surface area contributed by atoms with Crippen LogP contribution in [0.25, 0.3) is 60.3 Å². The number of hydrogen-bond acceptors (Lipinski definition) is 3. The Morgan fingerprint density at radius 2 is 1.33 bits per heavy atom. The topological polar surface area (TPSA) is 51.2 Å². The van der Waals surface area contributed by atoms with Crippen LogP contribution in [0.2, 0.25) is 0 Å². The molecule has 0 spiro atoms. The highest BCUT2D eigenvalue weighted by Crippen LogP contribution is 2.52. The second-order valence-corrected chi connectivity index (χ2v) is 13.6. The molecule has 9 rings (SSSR count). The van der Waals surface area contributed by atoms with Crippen LogP contribution >= 0.6 is 0 Å². The Labute approximate surface area is 280 Å². The monoisotopic (exact) mass is 620 g/mol. The molecule has 0 saturated heterocycles. The van der Waals surface area contributed by atoms with Crippen LogP contribution < -0.4 is 11.1 Å². The average Bonchev–Trinajstić information content (AvgIpc) is 3.58. The van der Waals surface area contributed by atoms with Gasteiger partial charge in [0, 0.05) is 27.4 Å². The van der Waals surface area contributed by atoms with Gasteiger partial charge in [-0.05, 0) is 97.7 Å². The third-order valence-electron chi connectivity index (χ3n) is 10.3. The van der Waals surface area contributed by atoms with Crippen LogP contribution in [0, 0.1) is 0 Å². The van der Waals surface area contributed by atoms with E-state index in [1.165, 1.54) is 54.9 Å². The first kappa shape index (κ1) is 28.6. The van der Waals surface area contributed by atoms with Gasteiger partial charge >= 0.3 is 0 Å². The predicted molar refractivity (Wildman–Crippen MR) is 201 cm³/mol. The maximum Gasteiger partial charge on any atom is 0.136 e. The molecule has 0 saturated carbocycles. The maximum absolute atomic E-state index is 6.87. The van der Waals surface area contributed by atoms with Gasteiger partial charge in [-0.2, -0.15) is 0 Å². The molecule has 0 bridgehead atoms. The number of allylic oxidation sites excluding steroid dienone is 1. The molecule has 0 amide bonds. The van der Waals surface area contributed by atoms with Crippen molar-refractivity contribution in [2.45, 2.75) is 31.8 Å². The second kappa shape index (κ2) is 11.0. The molecule has 1 heterocycles. The molecule has 8 aromatic rings. The molecule has 3 N–H and O–H groups in total. The van der Waals surface area contributed by atoms with Crippen LogP contribution in [0.4, 0.5) is 0 Å². The number of rotatable bonds is 6. The zero-order valence-electron chi connectivity index (χ0n) is 27.1. The summed E-state index contributed by atoms with van der Waals surface area (Å²) >= 11 is 0. The third kappa shape index (κ3) is 4.62. The Morgan fingerprint density at radius 3 is 2.10 bits per heavy atom. The van der Waals surface area contributed by atoms with E-state index in [0.717, 1.165) is 39.6 Å². The van der Waals surface area contributed by atoms with Crippen LogP contribution in [-0.4, -0.2) is 0 Å². The Balaban J connectivity index is 1.18. The molecule has 1 aromatic heterocycles. The Bertz CT molecular complexity index is 2560. The normalized spacial score (nSPS) is 14.4. The Kier molecular flexibility index (Phi) is 6.53. The van der Waals surface area contributed by atoms with E-state index in [2.05, 4.69) is 147 Å². The molecule has 1 aliphatic rings. The molecular formula is C45H36N2O. The van der Waals surface area contributed by atoms with Gasteiger partial charge in [-0.25, -0.2) is 0 Å². The first-order chi connectivity index (χ1) is 23.4. The molecule has 232 valence electrons. The molecule has 0 fully saturated rings. The summed E-state index contributed by atoms with van der Waals surface area (Å²) in [5.74, 6) is 0. The number of nitrogens with two attached hydrogens (primary N) is 1. The number of furan rings is 1. The highest BCUT2D eigenvalue weighted by molar-refractivity contribution is 6.10. The van der Waals surface area contributed by atoms with Gasteiger partial charge in [0.15, 0.2) is 0 Å². The van der Waals surface area contributed by atoms with Crippen molar-refractivity contribution in [3.05, 3.63) is 173 Å². The standard InChI is InChI=1S/C45H36N2O/c1-45(2)38-18-10-17-34(43(38)37-25-31-14-6-8-15-32(31)26-39(37)45)40(47-44(46)29-11-4-3-5-12-29)21-19-28-20-22-41-35(23-28)36-24-30-13-7-9-16-33(30)27-42(36)48-41/h3-18,20-27,44,47H,19,46H2,1-2H3/b40-21-. The average molecular weight is 621 g/mol. The van der Waals surface area contributed by atoms with E-state index in [-0.39, 0.29) is 11.6 Å². The summed E-state index contributed by atoms with van der Waals surface area (Å²) in [5, 5.41) is 11.0. The number of benzene rings is 7. The van der Waals surface area contributed by atoms with Gasteiger partial charge < -0.3 is 15.5 Å². The van der Waals surface area contributed by atoms with Gasteiger partial charge in [0.1, 0.15) is 17.3 Å². The fourth-order valence-electron chi connectivity index (χ4n) is 7.71.